The second-order valence-electron chi connectivity index (χ2n) is 7.55. The molecule has 29 heavy (non-hydrogen) atoms. The average Bonchev–Trinajstić information content (AvgIpc) is 3.37. The summed E-state index contributed by atoms with van der Waals surface area (Å²) in [7, 11) is 0. The number of carbonyl (C=O) groups excluding carboxylic acids is 2. The molecule has 1 aliphatic heterocycles. The first-order valence-corrected chi connectivity index (χ1v) is 10.7. The van der Waals surface area contributed by atoms with Crippen molar-refractivity contribution in [2.24, 2.45) is 0 Å². The van der Waals surface area contributed by atoms with Crippen LogP contribution in [0.5, 0.6) is 0 Å². The number of carbonyl (C=O) groups is 2. The van der Waals surface area contributed by atoms with E-state index in [2.05, 4.69) is 20.5 Å². The maximum atomic E-state index is 12.7. The molecule has 150 valence electrons. The largest absolute Gasteiger partial charge is 0.361 e. The van der Waals surface area contributed by atoms with E-state index >= 15 is 0 Å². The van der Waals surface area contributed by atoms with Crippen molar-refractivity contribution in [2.75, 3.05) is 31.5 Å². The molecule has 1 saturated carbocycles. The van der Waals surface area contributed by atoms with Gasteiger partial charge < -0.3 is 14.8 Å². The van der Waals surface area contributed by atoms with E-state index in [4.69, 9.17) is 0 Å². The van der Waals surface area contributed by atoms with Crippen molar-refractivity contribution in [2.45, 2.75) is 25.2 Å². The number of anilines is 1. The lowest BCUT2D eigenvalue weighted by Gasteiger charge is -2.34. The molecule has 1 aliphatic carbocycles. The summed E-state index contributed by atoms with van der Waals surface area (Å²) in [6.45, 7) is 2.11. The summed E-state index contributed by atoms with van der Waals surface area (Å²) >= 11 is 1.46. The summed E-state index contributed by atoms with van der Waals surface area (Å²) in [5.74, 6) is 0.623. The molecule has 2 aliphatic rings. The van der Waals surface area contributed by atoms with Gasteiger partial charge in [0.15, 0.2) is 0 Å². The Morgan fingerprint density at radius 2 is 1.86 bits per heavy atom. The lowest BCUT2D eigenvalue weighted by Crippen LogP contribution is -2.52. The van der Waals surface area contributed by atoms with E-state index in [1.54, 1.807) is 4.90 Å². The van der Waals surface area contributed by atoms with Crippen LogP contribution in [0.15, 0.2) is 30.5 Å². The summed E-state index contributed by atoms with van der Waals surface area (Å²) in [5, 5.41) is 13.7. The molecule has 3 aromatic rings. The molecule has 0 bridgehead atoms. The highest BCUT2D eigenvalue weighted by Gasteiger charge is 2.29. The molecular weight excluding hydrogens is 388 g/mol. The van der Waals surface area contributed by atoms with Crippen molar-refractivity contribution in [3.63, 3.8) is 0 Å². The lowest BCUT2D eigenvalue weighted by molar-refractivity contribution is -0.131. The van der Waals surface area contributed by atoms with Crippen LogP contribution in [-0.2, 0) is 11.2 Å². The summed E-state index contributed by atoms with van der Waals surface area (Å²) in [5.41, 5.74) is 2.05. The van der Waals surface area contributed by atoms with Crippen molar-refractivity contribution in [3.8, 4) is 0 Å². The van der Waals surface area contributed by atoms with E-state index in [1.165, 1.54) is 11.3 Å². The second kappa shape index (κ2) is 7.47. The number of H-pyrrole nitrogens is 1. The van der Waals surface area contributed by atoms with Gasteiger partial charge in [0, 0.05) is 49.2 Å². The second-order valence-corrected chi connectivity index (χ2v) is 8.56. The lowest BCUT2D eigenvalue weighted by atomic mass is 10.1. The maximum Gasteiger partial charge on any atom is 0.323 e. The number of amides is 3. The number of aromatic nitrogens is 3. The number of nitrogens with one attached hydrogen (secondary N) is 2. The monoisotopic (exact) mass is 410 g/mol. The Morgan fingerprint density at radius 3 is 2.66 bits per heavy atom. The highest BCUT2D eigenvalue weighted by molar-refractivity contribution is 7.15. The fourth-order valence-electron chi connectivity index (χ4n) is 3.66. The van der Waals surface area contributed by atoms with Gasteiger partial charge in [0.25, 0.3) is 0 Å². The number of para-hydroxylation sites is 1. The first kappa shape index (κ1) is 18.1. The third-order valence-electron chi connectivity index (χ3n) is 5.52. The Balaban J connectivity index is 1.14. The molecule has 0 spiro atoms. The minimum atomic E-state index is -0.174. The fraction of sp³-hybridized carbons (Fsp3) is 0.400. The van der Waals surface area contributed by atoms with E-state index in [9.17, 15) is 9.59 Å². The molecule has 5 rings (SSSR count). The van der Waals surface area contributed by atoms with Crippen LogP contribution in [0.2, 0.25) is 0 Å². The van der Waals surface area contributed by atoms with Crippen LogP contribution in [0.25, 0.3) is 10.9 Å². The van der Waals surface area contributed by atoms with E-state index in [0.717, 1.165) is 34.3 Å². The number of rotatable bonds is 4. The van der Waals surface area contributed by atoms with Gasteiger partial charge in [-0.15, -0.1) is 10.2 Å². The van der Waals surface area contributed by atoms with Crippen molar-refractivity contribution < 1.29 is 9.59 Å². The highest BCUT2D eigenvalue weighted by Crippen LogP contribution is 2.42. The van der Waals surface area contributed by atoms with E-state index in [0.29, 0.717) is 43.6 Å². The summed E-state index contributed by atoms with van der Waals surface area (Å²) in [6, 6.07) is 7.81. The zero-order valence-corrected chi connectivity index (χ0v) is 16.7. The highest BCUT2D eigenvalue weighted by atomic mass is 32.1. The van der Waals surface area contributed by atoms with Gasteiger partial charge >= 0.3 is 6.03 Å². The predicted molar refractivity (Wildman–Crippen MR) is 111 cm³/mol. The van der Waals surface area contributed by atoms with Gasteiger partial charge in [-0.1, -0.05) is 29.5 Å². The quantitative estimate of drug-likeness (QED) is 0.692. The molecule has 9 heteroatoms. The Morgan fingerprint density at radius 1 is 1.10 bits per heavy atom. The van der Waals surface area contributed by atoms with Crippen LogP contribution < -0.4 is 5.32 Å². The van der Waals surface area contributed by atoms with Crippen LogP contribution in [-0.4, -0.2) is 63.1 Å². The number of nitrogens with zero attached hydrogens (tertiary/aromatic N) is 4. The van der Waals surface area contributed by atoms with Gasteiger partial charge in [0.1, 0.15) is 5.01 Å². The molecule has 0 unspecified atom stereocenters. The first-order valence-electron chi connectivity index (χ1n) is 9.89. The number of piperazine rings is 1. The van der Waals surface area contributed by atoms with Crippen LogP contribution >= 0.6 is 11.3 Å². The third-order valence-corrected chi connectivity index (χ3v) is 6.52. The summed E-state index contributed by atoms with van der Waals surface area (Å²) < 4.78 is 0. The number of hydrogen-bond donors (Lipinski definition) is 2. The van der Waals surface area contributed by atoms with Gasteiger partial charge in [-0.25, -0.2) is 4.79 Å². The summed E-state index contributed by atoms with van der Waals surface area (Å²) in [4.78, 5) is 32.0. The smallest absolute Gasteiger partial charge is 0.323 e. The maximum absolute atomic E-state index is 12.7. The molecule has 2 fully saturated rings. The number of fused-ring (bicyclic) bond motifs is 1. The minimum absolute atomic E-state index is 0.0907. The molecule has 0 radical (unpaired) electrons. The molecule has 0 atom stereocenters. The number of aromatic amines is 1. The molecule has 1 aromatic carbocycles. The summed E-state index contributed by atoms with van der Waals surface area (Å²) in [6.07, 6.45) is 4.60. The number of urea groups is 1. The molecule has 3 heterocycles. The van der Waals surface area contributed by atoms with E-state index in [-0.39, 0.29) is 11.9 Å². The minimum Gasteiger partial charge on any atom is -0.361 e. The number of benzene rings is 1. The molecule has 2 aromatic heterocycles. The number of hydrogen-bond acceptors (Lipinski definition) is 5. The third kappa shape index (κ3) is 3.82. The Labute approximate surface area is 171 Å². The SMILES string of the molecule is O=C(Cc1c[nH]c2ccccc12)N1CCN(C(=O)Nc2nnc(C3CC3)s2)CC1. The zero-order valence-electron chi connectivity index (χ0n) is 15.9. The van der Waals surface area contributed by atoms with Crippen molar-refractivity contribution >= 4 is 39.3 Å². The van der Waals surface area contributed by atoms with E-state index < -0.39 is 0 Å². The first-order chi connectivity index (χ1) is 14.2. The standard InChI is InChI=1S/C20H22N6O2S/c27-17(11-14-12-21-16-4-2-1-3-15(14)16)25-7-9-26(10-8-25)20(28)22-19-24-23-18(29-19)13-5-6-13/h1-4,12-13,21H,5-11H2,(H,22,24,28). The normalized spacial score (nSPS) is 17.0. The van der Waals surface area contributed by atoms with Crippen molar-refractivity contribution in [1.82, 2.24) is 25.0 Å². The average molecular weight is 411 g/mol. The van der Waals surface area contributed by atoms with Crippen LogP contribution in [0.3, 0.4) is 0 Å². The molecule has 2 N–H and O–H groups in total. The van der Waals surface area contributed by atoms with Gasteiger partial charge in [-0.2, -0.15) is 0 Å². The molecule has 8 nitrogen and oxygen atoms in total. The molecular formula is C20H22N6O2S. The molecule has 3 amide bonds. The van der Waals surface area contributed by atoms with Gasteiger partial charge in [0.05, 0.1) is 6.42 Å². The Hall–Kier alpha value is -2.94. The van der Waals surface area contributed by atoms with Crippen LogP contribution in [0.1, 0.15) is 29.3 Å². The predicted octanol–water partition coefficient (Wildman–Crippen LogP) is 2.82. The van der Waals surface area contributed by atoms with E-state index in [1.807, 2.05) is 35.4 Å². The Bertz CT molecular complexity index is 1050. The van der Waals surface area contributed by atoms with Gasteiger partial charge in [-0.05, 0) is 24.5 Å². The van der Waals surface area contributed by atoms with Crippen LogP contribution in [0, 0.1) is 0 Å². The zero-order chi connectivity index (χ0) is 19.8. The fourth-order valence-corrected chi connectivity index (χ4v) is 4.56. The topological polar surface area (TPSA) is 94.2 Å². The van der Waals surface area contributed by atoms with Gasteiger partial charge in [-0.3, -0.25) is 10.1 Å². The van der Waals surface area contributed by atoms with Crippen LogP contribution in [0.4, 0.5) is 9.93 Å². The van der Waals surface area contributed by atoms with Crippen molar-refractivity contribution in [1.29, 1.82) is 0 Å². The van der Waals surface area contributed by atoms with Crippen molar-refractivity contribution in [3.05, 3.63) is 41.0 Å². The molecule has 1 saturated heterocycles. The van der Waals surface area contributed by atoms with Gasteiger partial charge in [0.2, 0.25) is 11.0 Å². The Kier molecular flexibility index (Phi) is 4.67.